The lowest BCUT2D eigenvalue weighted by atomic mass is 10.1. The van der Waals surface area contributed by atoms with Crippen LogP contribution in [-0.2, 0) is 28.6 Å². The first-order valence-electron chi connectivity index (χ1n) is 24.2. The summed E-state index contributed by atoms with van der Waals surface area (Å²) in [6.45, 7) is 6.38. The maximum absolute atomic E-state index is 12.7. The third-order valence-electron chi connectivity index (χ3n) is 9.98. The van der Waals surface area contributed by atoms with Crippen LogP contribution < -0.4 is 0 Å². The van der Waals surface area contributed by atoms with Crippen LogP contribution in [0.5, 0.6) is 0 Å². The summed E-state index contributed by atoms with van der Waals surface area (Å²) in [6, 6.07) is 0. The summed E-state index contributed by atoms with van der Waals surface area (Å²) in [5, 5.41) is 0. The first-order chi connectivity index (χ1) is 29.0. The van der Waals surface area contributed by atoms with Crippen molar-refractivity contribution in [1.82, 2.24) is 0 Å². The zero-order chi connectivity index (χ0) is 43.0. The Morgan fingerprint density at radius 3 is 1.15 bits per heavy atom. The second-order valence-electron chi connectivity index (χ2n) is 15.8. The van der Waals surface area contributed by atoms with Gasteiger partial charge in [0.15, 0.2) is 6.10 Å². The summed E-state index contributed by atoms with van der Waals surface area (Å²) < 4.78 is 16.7. The van der Waals surface area contributed by atoms with Crippen molar-refractivity contribution in [2.24, 2.45) is 0 Å². The van der Waals surface area contributed by atoms with E-state index in [1.165, 1.54) is 77.0 Å². The molecule has 0 aromatic heterocycles. The van der Waals surface area contributed by atoms with E-state index in [1.807, 2.05) is 48.6 Å². The number of unbranched alkanes of at least 4 members (excludes halogenated alkanes) is 21. The van der Waals surface area contributed by atoms with Gasteiger partial charge in [-0.3, -0.25) is 14.4 Å². The Labute approximate surface area is 363 Å². The van der Waals surface area contributed by atoms with E-state index in [0.29, 0.717) is 19.3 Å². The molecule has 0 aliphatic rings. The smallest absolute Gasteiger partial charge is 0.306 e. The molecule has 0 fully saturated rings. The summed E-state index contributed by atoms with van der Waals surface area (Å²) in [5.74, 6) is -0.972. The van der Waals surface area contributed by atoms with Crippen molar-refractivity contribution in [1.29, 1.82) is 0 Å². The second kappa shape index (κ2) is 47.3. The third-order valence-corrected chi connectivity index (χ3v) is 9.98. The van der Waals surface area contributed by atoms with Crippen molar-refractivity contribution in [2.75, 3.05) is 13.2 Å². The highest BCUT2D eigenvalue weighted by molar-refractivity contribution is 5.71. The lowest BCUT2D eigenvalue weighted by molar-refractivity contribution is -0.167. The molecule has 59 heavy (non-hydrogen) atoms. The standard InChI is InChI=1S/C53H88O6/c1-4-7-10-13-16-19-22-24-26-28-29-31-34-37-40-43-46-52(55)58-49-50(48-57-51(54)45-42-39-36-33-21-18-15-12-9-6-3)59-53(56)47-44-41-38-35-32-30-27-25-23-20-17-14-11-8-5-2/h8,11,14-15,17-18,20,23,25-28,30,32,50H,4-7,9-10,12-13,16,19,21-22,24,29,31,33-49H2,1-3H3/b11-8-,17-14-,18-15-,23-20-,27-25-,28-26-,32-30-. The zero-order valence-corrected chi connectivity index (χ0v) is 38.2. The van der Waals surface area contributed by atoms with Crippen LogP contribution >= 0.6 is 0 Å². The number of carbonyl (C=O) groups is 3. The van der Waals surface area contributed by atoms with Gasteiger partial charge in [0.1, 0.15) is 13.2 Å². The van der Waals surface area contributed by atoms with E-state index < -0.39 is 6.10 Å². The van der Waals surface area contributed by atoms with E-state index in [4.69, 9.17) is 14.2 Å². The summed E-state index contributed by atoms with van der Waals surface area (Å²) in [5.41, 5.74) is 0. The number of rotatable bonds is 42. The van der Waals surface area contributed by atoms with Gasteiger partial charge in [-0.05, 0) is 83.5 Å². The molecule has 0 saturated carbocycles. The Kier molecular flexibility index (Phi) is 44.5. The molecule has 0 heterocycles. The summed E-state index contributed by atoms with van der Waals surface area (Å²) in [4.78, 5) is 37.8. The van der Waals surface area contributed by atoms with Crippen LogP contribution in [0.2, 0.25) is 0 Å². The number of allylic oxidation sites excluding steroid dienone is 14. The van der Waals surface area contributed by atoms with Crippen LogP contribution in [0, 0.1) is 0 Å². The third kappa shape index (κ3) is 45.5. The zero-order valence-electron chi connectivity index (χ0n) is 38.2. The van der Waals surface area contributed by atoms with E-state index >= 15 is 0 Å². The average Bonchev–Trinajstić information content (AvgIpc) is 3.23. The lowest BCUT2D eigenvalue weighted by Gasteiger charge is -2.18. The Hall–Kier alpha value is -3.41. The van der Waals surface area contributed by atoms with E-state index in [-0.39, 0.29) is 37.5 Å². The number of carbonyl (C=O) groups excluding carboxylic acids is 3. The summed E-state index contributed by atoms with van der Waals surface area (Å²) in [7, 11) is 0. The molecule has 0 aliphatic carbocycles. The number of hydrogen-bond acceptors (Lipinski definition) is 6. The Morgan fingerprint density at radius 1 is 0.356 bits per heavy atom. The van der Waals surface area contributed by atoms with Gasteiger partial charge in [-0.1, -0.05) is 196 Å². The van der Waals surface area contributed by atoms with Crippen molar-refractivity contribution >= 4 is 17.9 Å². The van der Waals surface area contributed by atoms with E-state index in [1.54, 1.807) is 0 Å². The van der Waals surface area contributed by atoms with Gasteiger partial charge in [0, 0.05) is 19.3 Å². The molecule has 0 N–H and O–H groups in total. The van der Waals surface area contributed by atoms with Crippen LogP contribution in [-0.4, -0.2) is 37.2 Å². The summed E-state index contributed by atoms with van der Waals surface area (Å²) >= 11 is 0. The average molecular weight is 821 g/mol. The molecule has 6 heteroatoms. The van der Waals surface area contributed by atoms with Crippen molar-refractivity contribution in [3.05, 3.63) is 85.1 Å². The van der Waals surface area contributed by atoms with Crippen LogP contribution in [0.3, 0.4) is 0 Å². The largest absolute Gasteiger partial charge is 0.462 e. The van der Waals surface area contributed by atoms with Crippen LogP contribution in [0.15, 0.2) is 85.1 Å². The minimum absolute atomic E-state index is 0.103. The topological polar surface area (TPSA) is 78.9 Å². The Morgan fingerprint density at radius 2 is 0.695 bits per heavy atom. The minimum atomic E-state index is -0.805. The van der Waals surface area contributed by atoms with Gasteiger partial charge in [0.2, 0.25) is 0 Å². The predicted octanol–water partition coefficient (Wildman–Crippen LogP) is 15.6. The fraction of sp³-hybridized carbons (Fsp3) is 0.679. The van der Waals surface area contributed by atoms with Crippen LogP contribution in [0.4, 0.5) is 0 Å². The van der Waals surface area contributed by atoms with E-state index in [9.17, 15) is 14.4 Å². The normalized spacial score (nSPS) is 12.8. The van der Waals surface area contributed by atoms with Crippen LogP contribution in [0.1, 0.15) is 213 Å². The SMILES string of the molecule is CC\C=C/C=C\C=C/C=C\C=C/CCCCCC(=O)OC(COC(=O)CCCCCC/C=C\CCCC)COC(=O)CCCCCCC/C=C\CCCCCCCCC. The number of hydrogen-bond donors (Lipinski definition) is 0. The van der Waals surface area contributed by atoms with Crippen molar-refractivity contribution in [2.45, 2.75) is 219 Å². The first kappa shape index (κ1) is 55.6. The molecule has 1 unspecified atom stereocenters. The molecule has 0 radical (unpaired) electrons. The van der Waals surface area contributed by atoms with Crippen molar-refractivity contribution in [3.63, 3.8) is 0 Å². The molecule has 0 saturated heterocycles. The van der Waals surface area contributed by atoms with E-state index in [2.05, 4.69) is 57.2 Å². The fourth-order valence-corrected chi connectivity index (χ4v) is 6.32. The second-order valence-corrected chi connectivity index (χ2v) is 15.8. The first-order valence-corrected chi connectivity index (χ1v) is 24.2. The Balaban J connectivity index is 4.47. The van der Waals surface area contributed by atoms with Gasteiger partial charge in [0.25, 0.3) is 0 Å². The fourth-order valence-electron chi connectivity index (χ4n) is 6.32. The molecule has 0 aromatic carbocycles. The van der Waals surface area contributed by atoms with Gasteiger partial charge in [0.05, 0.1) is 0 Å². The quantitative estimate of drug-likeness (QED) is 0.0201. The molecule has 0 aliphatic heterocycles. The highest BCUT2D eigenvalue weighted by Crippen LogP contribution is 2.13. The van der Waals surface area contributed by atoms with Crippen molar-refractivity contribution in [3.8, 4) is 0 Å². The predicted molar refractivity (Wildman–Crippen MR) is 251 cm³/mol. The molecule has 0 spiro atoms. The Bertz CT molecular complexity index is 1170. The van der Waals surface area contributed by atoms with Gasteiger partial charge in [-0.15, -0.1) is 0 Å². The highest BCUT2D eigenvalue weighted by Gasteiger charge is 2.19. The number of esters is 3. The summed E-state index contributed by atoms with van der Waals surface area (Å²) in [6.07, 6.45) is 59.9. The molecule has 0 aromatic rings. The monoisotopic (exact) mass is 821 g/mol. The van der Waals surface area contributed by atoms with Gasteiger partial charge in [-0.25, -0.2) is 0 Å². The highest BCUT2D eigenvalue weighted by atomic mass is 16.6. The van der Waals surface area contributed by atoms with E-state index in [0.717, 1.165) is 89.9 Å². The molecular weight excluding hydrogens is 733 g/mol. The molecule has 1 atom stereocenters. The molecule has 336 valence electrons. The molecule has 0 bridgehead atoms. The number of ether oxygens (including phenoxy) is 3. The van der Waals surface area contributed by atoms with Crippen molar-refractivity contribution < 1.29 is 28.6 Å². The van der Waals surface area contributed by atoms with Gasteiger partial charge in [-0.2, -0.15) is 0 Å². The van der Waals surface area contributed by atoms with Gasteiger partial charge < -0.3 is 14.2 Å². The van der Waals surface area contributed by atoms with Gasteiger partial charge >= 0.3 is 17.9 Å². The minimum Gasteiger partial charge on any atom is -0.462 e. The molecule has 6 nitrogen and oxygen atoms in total. The van der Waals surface area contributed by atoms with Crippen LogP contribution in [0.25, 0.3) is 0 Å². The molecular formula is C53H88O6. The maximum atomic E-state index is 12.7. The molecule has 0 amide bonds. The lowest BCUT2D eigenvalue weighted by Crippen LogP contribution is -2.30. The molecule has 0 rings (SSSR count). The maximum Gasteiger partial charge on any atom is 0.306 e.